The zero-order chi connectivity index (χ0) is 29.4. The van der Waals surface area contributed by atoms with Crippen molar-refractivity contribution in [3.63, 3.8) is 0 Å². The number of para-hydroxylation sites is 1. The van der Waals surface area contributed by atoms with Crippen LogP contribution in [-0.2, 0) is 5.41 Å². The van der Waals surface area contributed by atoms with Gasteiger partial charge in [-0.2, -0.15) is 0 Å². The number of benzene rings is 7. The first-order chi connectivity index (χ1) is 21.6. The van der Waals surface area contributed by atoms with Crippen molar-refractivity contribution in [2.45, 2.75) is 19.3 Å². The second-order valence-corrected chi connectivity index (χ2v) is 12.6. The fourth-order valence-corrected chi connectivity index (χ4v) is 7.78. The molecular formula is C43H31N. The van der Waals surface area contributed by atoms with Gasteiger partial charge < -0.3 is 4.57 Å². The van der Waals surface area contributed by atoms with Gasteiger partial charge >= 0.3 is 0 Å². The van der Waals surface area contributed by atoms with E-state index >= 15 is 0 Å². The van der Waals surface area contributed by atoms with Crippen LogP contribution in [0.5, 0.6) is 0 Å². The van der Waals surface area contributed by atoms with E-state index in [0.29, 0.717) is 0 Å². The predicted octanol–water partition coefficient (Wildman–Crippen LogP) is 11.6. The van der Waals surface area contributed by atoms with E-state index in [1.54, 1.807) is 0 Å². The van der Waals surface area contributed by atoms with Gasteiger partial charge in [-0.15, -0.1) is 0 Å². The Bertz CT molecular complexity index is 2410. The zero-order valence-electron chi connectivity index (χ0n) is 24.9. The molecule has 0 aliphatic heterocycles. The van der Waals surface area contributed by atoms with E-state index in [1.807, 2.05) is 0 Å². The third kappa shape index (κ3) is 3.53. The normalized spacial score (nSPS) is 13.4. The molecule has 0 atom stereocenters. The maximum atomic E-state index is 2.43. The lowest BCUT2D eigenvalue weighted by atomic mass is 9.78. The highest BCUT2D eigenvalue weighted by molar-refractivity contribution is 6.16. The number of aromatic nitrogens is 1. The van der Waals surface area contributed by atoms with Crippen LogP contribution in [-0.4, -0.2) is 4.57 Å². The first-order valence-electron chi connectivity index (χ1n) is 15.4. The molecule has 7 aromatic carbocycles. The highest BCUT2D eigenvalue weighted by atomic mass is 15.0. The van der Waals surface area contributed by atoms with Gasteiger partial charge in [-0.05, 0) is 90.8 Å². The molecule has 0 unspecified atom stereocenters. The molecule has 0 spiro atoms. The molecule has 1 heteroatoms. The summed E-state index contributed by atoms with van der Waals surface area (Å²) in [4.78, 5) is 0. The average molecular weight is 562 g/mol. The number of hydrogen-bond acceptors (Lipinski definition) is 0. The second-order valence-electron chi connectivity index (χ2n) is 12.6. The smallest absolute Gasteiger partial charge is 0.0535 e. The molecule has 9 rings (SSSR count). The van der Waals surface area contributed by atoms with E-state index in [-0.39, 0.29) is 5.41 Å². The Morgan fingerprint density at radius 3 is 2.00 bits per heavy atom. The van der Waals surface area contributed by atoms with Gasteiger partial charge in [0, 0.05) is 28.2 Å². The number of fused-ring (bicyclic) bond motifs is 7. The molecule has 0 N–H and O–H groups in total. The van der Waals surface area contributed by atoms with Crippen LogP contribution in [0.4, 0.5) is 0 Å². The summed E-state index contributed by atoms with van der Waals surface area (Å²) in [5.41, 5.74) is 12.9. The molecule has 0 radical (unpaired) electrons. The summed E-state index contributed by atoms with van der Waals surface area (Å²) in [6, 6.07) is 53.5. The standard InChI is InChI=1S/C43H31N/c1-43(2)40-22-11-10-19-35(40)36-21-12-20-32(42(36)43)29-23-24-41-38(26-29)39(27-44(41)30-14-4-3-5-15-30)37-25-28-13-6-7-16-31(28)33-17-8-9-18-34(33)37/h3-27H,1-2H3. The van der Waals surface area contributed by atoms with E-state index in [9.17, 15) is 0 Å². The lowest BCUT2D eigenvalue weighted by molar-refractivity contribution is 0.662. The maximum absolute atomic E-state index is 2.43. The van der Waals surface area contributed by atoms with Crippen LogP contribution in [0.25, 0.3) is 71.5 Å². The van der Waals surface area contributed by atoms with Crippen molar-refractivity contribution in [2.24, 2.45) is 0 Å². The summed E-state index contributed by atoms with van der Waals surface area (Å²) < 4.78 is 2.35. The van der Waals surface area contributed by atoms with Crippen molar-refractivity contribution < 1.29 is 0 Å². The topological polar surface area (TPSA) is 4.93 Å². The van der Waals surface area contributed by atoms with Crippen molar-refractivity contribution in [3.8, 4) is 39.1 Å². The molecule has 1 aliphatic carbocycles. The third-order valence-electron chi connectivity index (χ3n) is 9.79. The van der Waals surface area contributed by atoms with E-state index < -0.39 is 0 Å². The summed E-state index contributed by atoms with van der Waals surface area (Å²) in [6.07, 6.45) is 2.34. The minimum Gasteiger partial charge on any atom is -0.316 e. The molecule has 44 heavy (non-hydrogen) atoms. The monoisotopic (exact) mass is 561 g/mol. The van der Waals surface area contributed by atoms with Gasteiger partial charge in [0.2, 0.25) is 0 Å². The molecule has 1 heterocycles. The molecule has 0 saturated heterocycles. The van der Waals surface area contributed by atoms with E-state index in [1.165, 1.54) is 82.6 Å². The summed E-state index contributed by atoms with van der Waals surface area (Å²) in [5, 5.41) is 6.38. The lowest BCUT2D eigenvalue weighted by Gasteiger charge is -2.24. The van der Waals surface area contributed by atoms with Gasteiger partial charge in [-0.25, -0.2) is 0 Å². The first-order valence-corrected chi connectivity index (χ1v) is 15.4. The summed E-state index contributed by atoms with van der Waals surface area (Å²) >= 11 is 0. The molecule has 208 valence electrons. The fraction of sp³-hybridized carbons (Fsp3) is 0.0698. The zero-order valence-corrected chi connectivity index (χ0v) is 24.9. The summed E-state index contributed by atoms with van der Waals surface area (Å²) in [6.45, 7) is 4.75. The molecule has 0 saturated carbocycles. The minimum atomic E-state index is -0.0785. The molecule has 0 bridgehead atoms. The van der Waals surface area contributed by atoms with Crippen molar-refractivity contribution in [1.29, 1.82) is 0 Å². The van der Waals surface area contributed by atoms with Crippen LogP contribution in [0.3, 0.4) is 0 Å². The lowest BCUT2D eigenvalue weighted by Crippen LogP contribution is -2.16. The van der Waals surface area contributed by atoms with Crippen LogP contribution in [0.15, 0.2) is 152 Å². The van der Waals surface area contributed by atoms with Crippen LogP contribution >= 0.6 is 0 Å². The number of hydrogen-bond donors (Lipinski definition) is 0. The SMILES string of the molecule is CC1(C)c2ccccc2-c2cccc(-c3ccc4c(c3)c(-c3cc5ccccc5c5ccccc35)cn4-c3ccccc3)c21. The quantitative estimate of drug-likeness (QED) is 0.189. The van der Waals surface area contributed by atoms with Crippen LogP contribution in [0.2, 0.25) is 0 Å². The van der Waals surface area contributed by atoms with Crippen LogP contribution < -0.4 is 0 Å². The molecule has 1 aromatic heterocycles. The van der Waals surface area contributed by atoms with Crippen molar-refractivity contribution in [2.75, 3.05) is 0 Å². The Morgan fingerprint density at radius 2 is 1.14 bits per heavy atom. The highest BCUT2D eigenvalue weighted by Gasteiger charge is 2.37. The van der Waals surface area contributed by atoms with Gasteiger partial charge in [0.1, 0.15) is 0 Å². The van der Waals surface area contributed by atoms with Crippen LogP contribution in [0, 0.1) is 0 Å². The Kier molecular flexibility index (Phi) is 5.31. The molecule has 1 aliphatic rings. The summed E-state index contributed by atoms with van der Waals surface area (Å²) in [7, 11) is 0. The van der Waals surface area contributed by atoms with Crippen molar-refractivity contribution in [3.05, 3.63) is 163 Å². The predicted molar refractivity (Wildman–Crippen MR) is 187 cm³/mol. The largest absolute Gasteiger partial charge is 0.316 e. The Balaban J connectivity index is 1.35. The highest BCUT2D eigenvalue weighted by Crippen LogP contribution is 2.52. The minimum absolute atomic E-state index is 0.0785. The van der Waals surface area contributed by atoms with Crippen molar-refractivity contribution >= 4 is 32.4 Å². The second kappa shape index (κ2) is 9.30. The van der Waals surface area contributed by atoms with Gasteiger partial charge in [0.25, 0.3) is 0 Å². The van der Waals surface area contributed by atoms with E-state index in [4.69, 9.17) is 0 Å². The van der Waals surface area contributed by atoms with Gasteiger partial charge in [0.05, 0.1) is 5.52 Å². The van der Waals surface area contributed by atoms with Gasteiger partial charge in [0.15, 0.2) is 0 Å². The Hall–Kier alpha value is -5.40. The number of nitrogens with zero attached hydrogens (tertiary/aromatic N) is 1. The molecule has 1 nitrogen and oxygen atoms in total. The Labute approximate surface area is 257 Å². The fourth-order valence-electron chi connectivity index (χ4n) is 7.78. The average Bonchev–Trinajstić information content (AvgIpc) is 3.57. The third-order valence-corrected chi connectivity index (χ3v) is 9.79. The van der Waals surface area contributed by atoms with E-state index in [2.05, 4.69) is 170 Å². The maximum Gasteiger partial charge on any atom is 0.0535 e. The molecular weight excluding hydrogens is 530 g/mol. The van der Waals surface area contributed by atoms with Gasteiger partial charge in [-0.1, -0.05) is 129 Å². The van der Waals surface area contributed by atoms with Crippen molar-refractivity contribution in [1.82, 2.24) is 4.57 Å². The van der Waals surface area contributed by atoms with Crippen LogP contribution in [0.1, 0.15) is 25.0 Å². The van der Waals surface area contributed by atoms with Gasteiger partial charge in [-0.3, -0.25) is 0 Å². The molecule has 0 fully saturated rings. The Morgan fingerprint density at radius 1 is 0.455 bits per heavy atom. The molecule has 0 amide bonds. The molecule has 8 aromatic rings. The summed E-state index contributed by atoms with van der Waals surface area (Å²) in [5.74, 6) is 0. The number of rotatable bonds is 3. The first kappa shape index (κ1) is 25.1. The van der Waals surface area contributed by atoms with E-state index in [0.717, 1.165) is 0 Å².